The molecular formula is C23H24N2O6S. The van der Waals surface area contributed by atoms with E-state index in [1.165, 1.54) is 20.3 Å². The van der Waals surface area contributed by atoms with Crippen molar-refractivity contribution >= 4 is 27.3 Å². The lowest BCUT2D eigenvalue weighted by molar-refractivity contribution is -0.114. The number of hydrogen-bond donors (Lipinski definition) is 1. The van der Waals surface area contributed by atoms with E-state index in [4.69, 9.17) is 14.2 Å². The van der Waals surface area contributed by atoms with E-state index in [2.05, 4.69) is 5.32 Å². The Bertz CT molecular complexity index is 1160. The minimum absolute atomic E-state index is 0.234. The molecule has 1 N–H and O–H groups in total. The molecule has 0 aliphatic carbocycles. The number of carbonyl (C=O) groups is 1. The lowest BCUT2D eigenvalue weighted by Gasteiger charge is -2.24. The van der Waals surface area contributed by atoms with Gasteiger partial charge in [0.15, 0.2) is 0 Å². The average Bonchev–Trinajstić information content (AvgIpc) is 2.78. The summed E-state index contributed by atoms with van der Waals surface area (Å²) in [4.78, 5) is 12.6. The summed E-state index contributed by atoms with van der Waals surface area (Å²) in [6.45, 7) is -0.427. The Morgan fingerprint density at radius 1 is 0.875 bits per heavy atom. The molecule has 0 spiro atoms. The summed E-state index contributed by atoms with van der Waals surface area (Å²) in [7, 11) is -0.860. The first kappa shape index (κ1) is 23.0. The minimum Gasteiger partial charge on any atom is -0.497 e. The third-order valence-corrected chi connectivity index (χ3v) is 5.59. The van der Waals surface area contributed by atoms with Gasteiger partial charge in [0.05, 0.1) is 26.2 Å². The second-order valence-corrected chi connectivity index (χ2v) is 8.70. The summed E-state index contributed by atoms with van der Waals surface area (Å²) < 4.78 is 42.0. The molecule has 0 heterocycles. The van der Waals surface area contributed by atoms with Crippen LogP contribution < -0.4 is 23.8 Å². The fraction of sp³-hybridized carbons (Fsp3) is 0.174. The molecule has 0 radical (unpaired) electrons. The van der Waals surface area contributed by atoms with Gasteiger partial charge in [0, 0.05) is 11.8 Å². The second-order valence-electron chi connectivity index (χ2n) is 6.80. The van der Waals surface area contributed by atoms with Gasteiger partial charge in [0.25, 0.3) is 0 Å². The monoisotopic (exact) mass is 456 g/mol. The van der Waals surface area contributed by atoms with Gasteiger partial charge >= 0.3 is 0 Å². The molecule has 9 heteroatoms. The number of amides is 1. The van der Waals surface area contributed by atoms with Crippen LogP contribution in [0.25, 0.3) is 0 Å². The molecule has 0 saturated carbocycles. The molecule has 0 bridgehead atoms. The Hall–Kier alpha value is -3.72. The van der Waals surface area contributed by atoms with Gasteiger partial charge < -0.3 is 19.5 Å². The zero-order valence-corrected chi connectivity index (χ0v) is 18.8. The first-order chi connectivity index (χ1) is 15.3. The summed E-state index contributed by atoms with van der Waals surface area (Å²) in [6.07, 6.45) is 1.03. The Morgan fingerprint density at radius 3 is 2.09 bits per heavy atom. The molecule has 8 nitrogen and oxygen atoms in total. The van der Waals surface area contributed by atoms with Gasteiger partial charge in [-0.2, -0.15) is 0 Å². The van der Waals surface area contributed by atoms with Gasteiger partial charge in [-0.15, -0.1) is 0 Å². The Morgan fingerprint density at radius 2 is 1.50 bits per heavy atom. The van der Waals surface area contributed by atoms with Gasteiger partial charge in [0.2, 0.25) is 15.9 Å². The van der Waals surface area contributed by atoms with Crippen molar-refractivity contribution in [1.82, 2.24) is 0 Å². The average molecular weight is 457 g/mol. The number of nitrogens with one attached hydrogen (secondary N) is 1. The Balaban J connectivity index is 1.72. The van der Waals surface area contributed by atoms with Gasteiger partial charge in [-0.3, -0.25) is 9.10 Å². The number of benzene rings is 3. The largest absolute Gasteiger partial charge is 0.497 e. The van der Waals surface area contributed by atoms with Crippen LogP contribution in [0.3, 0.4) is 0 Å². The number of hydrogen-bond acceptors (Lipinski definition) is 6. The lowest BCUT2D eigenvalue weighted by Crippen LogP contribution is -2.37. The number of nitrogens with zero attached hydrogens (tertiary/aromatic N) is 1. The van der Waals surface area contributed by atoms with Crippen molar-refractivity contribution in [3.05, 3.63) is 72.8 Å². The fourth-order valence-electron chi connectivity index (χ4n) is 2.93. The van der Waals surface area contributed by atoms with E-state index in [-0.39, 0.29) is 11.4 Å². The molecule has 0 unspecified atom stereocenters. The van der Waals surface area contributed by atoms with Crippen LogP contribution in [0.4, 0.5) is 11.4 Å². The van der Waals surface area contributed by atoms with Gasteiger partial charge in [-0.05, 0) is 48.5 Å². The van der Waals surface area contributed by atoms with Crippen molar-refractivity contribution in [3.63, 3.8) is 0 Å². The first-order valence-electron chi connectivity index (χ1n) is 9.62. The smallest absolute Gasteiger partial charge is 0.245 e. The zero-order chi connectivity index (χ0) is 23.1. The van der Waals surface area contributed by atoms with Gasteiger partial charge in [-0.1, -0.05) is 18.2 Å². The highest BCUT2D eigenvalue weighted by atomic mass is 32.2. The van der Waals surface area contributed by atoms with Crippen LogP contribution >= 0.6 is 0 Å². The number of methoxy groups -OCH3 is 2. The topological polar surface area (TPSA) is 94.2 Å². The SMILES string of the molecule is COc1ccc(N(CC(=O)Nc2ccc(Oc3ccccc3)cc2)S(C)(=O)=O)c(OC)c1. The summed E-state index contributed by atoms with van der Waals surface area (Å²) in [5, 5.41) is 2.70. The maximum Gasteiger partial charge on any atom is 0.245 e. The van der Waals surface area contributed by atoms with Crippen molar-refractivity contribution in [2.24, 2.45) is 0 Å². The number of sulfonamides is 1. The molecule has 3 aromatic rings. The van der Waals surface area contributed by atoms with Crippen molar-refractivity contribution in [2.45, 2.75) is 0 Å². The van der Waals surface area contributed by atoms with Crippen LogP contribution in [-0.4, -0.2) is 41.3 Å². The highest BCUT2D eigenvalue weighted by Crippen LogP contribution is 2.33. The molecule has 32 heavy (non-hydrogen) atoms. The minimum atomic E-state index is -3.77. The van der Waals surface area contributed by atoms with Crippen molar-refractivity contribution < 1.29 is 27.4 Å². The summed E-state index contributed by atoms with van der Waals surface area (Å²) in [5.41, 5.74) is 0.739. The maximum absolute atomic E-state index is 12.6. The highest BCUT2D eigenvalue weighted by Gasteiger charge is 2.24. The number of para-hydroxylation sites is 1. The molecule has 3 aromatic carbocycles. The summed E-state index contributed by atoms with van der Waals surface area (Å²) in [5.74, 6) is 1.56. The molecule has 0 aliphatic heterocycles. The van der Waals surface area contributed by atoms with Crippen LogP contribution in [0.1, 0.15) is 0 Å². The third-order valence-electron chi connectivity index (χ3n) is 4.46. The highest BCUT2D eigenvalue weighted by molar-refractivity contribution is 7.92. The molecule has 3 rings (SSSR count). The summed E-state index contributed by atoms with van der Waals surface area (Å²) >= 11 is 0. The molecular weight excluding hydrogens is 432 g/mol. The van der Waals surface area contributed by atoms with E-state index in [1.807, 2.05) is 30.3 Å². The fourth-order valence-corrected chi connectivity index (χ4v) is 3.79. The van der Waals surface area contributed by atoms with Crippen molar-refractivity contribution in [1.29, 1.82) is 0 Å². The maximum atomic E-state index is 12.6. The molecule has 0 aliphatic rings. The zero-order valence-electron chi connectivity index (χ0n) is 17.9. The molecule has 0 saturated heterocycles. The van der Waals surface area contributed by atoms with Crippen LogP contribution in [0.2, 0.25) is 0 Å². The normalized spacial score (nSPS) is 10.8. The van der Waals surface area contributed by atoms with Crippen LogP contribution in [0, 0.1) is 0 Å². The molecule has 0 fully saturated rings. The van der Waals surface area contributed by atoms with Crippen molar-refractivity contribution in [2.75, 3.05) is 36.6 Å². The van der Waals surface area contributed by atoms with Crippen LogP contribution in [0.5, 0.6) is 23.0 Å². The number of ether oxygens (including phenoxy) is 3. The Labute approximate surface area is 187 Å². The standard InChI is InChI=1S/C23H24N2O6S/c1-29-20-13-14-21(22(15-20)30-2)25(32(3,27)28)16-23(26)24-17-9-11-19(12-10-17)31-18-7-5-4-6-8-18/h4-15H,16H2,1-3H3,(H,24,26). The number of carbonyl (C=O) groups excluding carboxylic acids is 1. The first-order valence-corrected chi connectivity index (χ1v) is 11.5. The van der Waals surface area contributed by atoms with Crippen molar-refractivity contribution in [3.8, 4) is 23.0 Å². The quantitative estimate of drug-likeness (QED) is 0.525. The van der Waals surface area contributed by atoms with Gasteiger partial charge in [0.1, 0.15) is 29.5 Å². The number of rotatable bonds is 9. The van der Waals surface area contributed by atoms with Crippen LogP contribution in [-0.2, 0) is 14.8 Å². The lowest BCUT2D eigenvalue weighted by atomic mass is 10.2. The van der Waals surface area contributed by atoms with E-state index in [9.17, 15) is 13.2 Å². The van der Waals surface area contributed by atoms with E-state index < -0.39 is 22.5 Å². The van der Waals surface area contributed by atoms with Crippen LogP contribution in [0.15, 0.2) is 72.8 Å². The molecule has 168 valence electrons. The van der Waals surface area contributed by atoms with Gasteiger partial charge in [-0.25, -0.2) is 8.42 Å². The molecule has 0 atom stereocenters. The molecule has 1 amide bonds. The Kier molecular flexibility index (Phi) is 7.21. The summed E-state index contributed by atoms with van der Waals surface area (Å²) in [6, 6.07) is 20.8. The van der Waals surface area contributed by atoms with E-state index in [0.717, 1.165) is 10.6 Å². The second kappa shape index (κ2) is 10.1. The third kappa shape index (κ3) is 5.92. The van der Waals surface area contributed by atoms with E-state index >= 15 is 0 Å². The number of anilines is 2. The predicted octanol–water partition coefficient (Wildman–Crippen LogP) is 3.90. The predicted molar refractivity (Wildman–Crippen MR) is 123 cm³/mol. The molecule has 0 aromatic heterocycles. The van der Waals surface area contributed by atoms with E-state index in [0.29, 0.717) is 22.9 Å². The van der Waals surface area contributed by atoms with E-state index in [1.54, 1.807) is 36.4 Å².